The summed E-state index contributed by atoms with van der Waals surface area (Å²) in [4.78, 5) is 14.4. The molecule has 0 radical (unpaired) electrons. The normalized spacial score (nSPS) is 11.1. The number of hydrogen-bond acceptors (Lipinski definition) is 4. The van der Waals surface area contributed by atoms with Crippen molar-refractivity contribution in [2.45, 2.75) is 33.9 Å². The van der Waals surface area contributed by atoms with E-state index in [1.54, 1.807) is 0 Å². The van der Waals surface area contributed by atoms with Gasteiger partial charge in [-0.1, -0.05) is 0 Å². The number of pyridine rings is 1. The van der Waals surface area contributed by atoms with E-state index in [-0.39, 0.29) is 5.78 Å². The second-order valence-corrected chi connectivity index (χ2v) is 8.24. The van der Waals surface area contributed by atoms with Crippen LogP contribution in [0.5, 0.6) is 0 Å². The Labute approximate surface area is 167 Å². The number of Topliss-reactive ketones (excluding diaryl/α,β-unsaturated/α-hetero) is 1. The van der Waals surface area contributed by atoms with Gasteiger partial charge in [-0.15, -0.1) is 11.3 Å². The van der Waals surface area contributed by atoms with Crippen molar-refractivity contribution in [1.82, 2.24) is 20.0 Å². The van der Waals surface area contributed by atoms with Gasteiger partial charge >= 0.3 is 0 Å². The minimum atomic E-state index is 0.120. The largest absolute Gasteiger partial charge is 0.286 e. The maximum atomic E-state index is 12.5. The highest BCUT2D eigenvalue weighted by Crippen LogP contribution is 2.18. The van der Waals surface area contributed by atoms with Gasteiger partial charge in [-0.25, -0.2) is 0 Å². The third kappa shape index (κ3) is 3.94. The smallest absolute Gasteiger partial charge is 0.237 e. The molecule has 7 heteroatoms. The van der Waals surface area contributed by atoms with Gasteiger partial charge in [0.05, 0.1) is 34.1 Å². The number of rotatable bonds is 6. The summed E-state index contributed by atoms with van der Waals surface area (Å²) in [5.74, 6) is 0.120. The highest BCUT2D eigenvalue weighted by molar-refractivity contribution is 7.13. The molecule has 0 atom stereocenters. The fourth-order valence-electron chi connectivity index (χ4n) is 3.19. The van der Waals surface area contributed by atoms with Gasteiger partial charge in [0.25, 0.3) is 0 Å². The number of aromatic nitrogens is 5. The maximum Gasteiger partial charge on any atom is 0.237 e. The van der Waals surface area contributed by atoms with Crippen LogP contribution in [0.2, 0.25) is 0 Å². The number of nitrogens with one attached hydrogen (secondary N) is 1. The number of hydrogen-bond donors (Lipinski definition) is 1. The van der Waals surface area contributed by atoms with E-state index >= 15 is 0 Å². The molecule has 4 heterocycles. The lowest BCUT2D eigenvalue weighted by Gasteiger charge is -2.00. The molecular formula is C21H22N5OS+. The Bertz CT molecular complexity index is 1140. The lowest BCUT2D eigenvalue weighted by molar-refractivity contribution is -0.682. The zero-order valence-corrected chi connectivity index (χ0v) is 17.0. The van der Waals surface area contributed by atoms with E-state index in [1.165, 1.54) is 11.3 Å². The Morgan fingerprint density at radius 1 is 1.21 bits per heavy atom. The Morgan fingerprint density at radius 3 is 2.79 bits per heavy atom. The van der Waals surface area contributed by atoms with E-state index in [1.807, 2.05) is 72.7 Å². The van der Waals surface area contributed by atoms with Crippen molar-refractivity contribution >= 4 is 17.1 Å². The summed E-state index contributed by atoms with van der Waals surface area (Å²) >= 11 is 1.54. The van der Waals surface area contributed by atoms with Gasteiger partial charge in [0.2, 0.25) is 12.3 Å². The van der Waals surface area contributed by atoms with E-state index in [0.717, 1.165) is 38.1 Å². The Morgan fingerprint density at radius 2 is 2.07 bits per heavy atom. The van der Waals surface area contributed by atoms with E-state index in [4.69, 9.17) is 0 Å². The van der Waals surface area contributed by atoms with Crippen molar-refractivity contribution in [3.05, 3.63) is 75.6 Å². The van der Waals surface area contributed by atoms with Crippen molar-refractivity contribution < 1.29 is 9.36 Å². The monoisotopic (exact) mass is 392 g/mol. The van der Waals surface area contributed by atoms with Crippen molar-refractivity contribution in [2.24, 2.45) is 0 Å². The first-order valence-corrected chi connectivity index (χ1v) is 9.94. The zero-order valence-electron chi connectivity index (χ0n) is 16.1. The van der Waals surface area contributed by atoms with Crippen LogP contribution in [0.25, 0.3) is 11.3 Å². The number of ketones is 1. The van der Waals surface area contributed by atoms with Gasteiger partial charge in [-0.2, -0.15) is 14.8 Å². The topological polar surface area (TPSA) is 67.5 Å². The Hall–Kier alpha value is -3.06. The lowest BCUT2D eigenvalue weighted by Crippen LogP contribution is -2.37. The van der Waals surface area contributed by atoms with Crippen LogP contribution in [-0.2, 0) is 13.1 Å². The van der Waals surface area contributed by atoms with Crippen molar-refractivity contribution in [1.29, 1.82) is 0 Å². The fourth-order valence-corrected chi connectivity index (χ4v) is 3.99. The van der Waals surface area contributed by atoms with Crippen LogP contribution < -0.4 is 4.57 Å². The third-order valence-corrected chi connectivity index (χ3v) is 5.60. The summed E-state index contributed by atoms with van der Waals surface area (Å²) in [7, 11) is 0. The van der Waals surface area contributed by atoms with Gasteiger partial charge in [0.15, 0.2) is 12.4 Å². The first kappa shape index (κ1) is 18.3. The van der Waals surface area contributed by atoms with Gasteiger partial charge < -0.3 is 0 Å². The van der Waals surface area contributed by atoms with Crippen LogP contribution in [0.1, 0.15) is 31.6 Å². The Kier molecular flexibility index (Phi) is 4.92. The molecule has 0 saturated carbocycles. The first-order chi connectivity index (χ1) is 13.5. The standard InChI is InChI=1S/C21H22N5OS/c1-14-9-15(2)26(24-14)12-18-10-19(23-22-18)17-5-4-8-25(11-17)13-20(27)21-7-6-16(3)28-21/h4-11H,12-13H2,1-3H3,(H,22,23)/q+1. The number of aryl methyl sites for hydroxylation is 3. The molecule has 0 aliphatic carbocycles. The van der Waals surface area contributed by atoms with Gasteiger partial charge in [0.1, 0.15) is 0 Å². The minimum absolute atomic E-state index is 0.120. The molecule has 0 bridgehead atoms. The molecule has 1 N–H and O–H groups in total. The van der Waals surface area contributed by atoms with Crippen LogP contribution in [0, 0.1) is 20.8 Å². The molecular weight excluding hydrogens is 370 g/mol. The number of thiophene rings is 1. The maximum absolute atomic E-state index is 12.5. The van der Waals surface area contributed by atoms with Crippen molar-refractivity contribution in [3.8, 4) is 11.3 Å². The van der Waals surface area contributed by atoms with Gasteiger partial charge in [-0.3, -0.25) is 14.6 Å². The highest BCUT2D eigenvalue weighted by atomic mass is 32.1. The van der Waals surface area contributed by atoms with E-state index in [9.17, 15) is 4.79 Å². The number of nitrogens with zero attached hydrogens (tertiary/aromatic N) is 4. The predicted octanol–water partition coefficient (Wildman–Crippen LogP) is 3.48. The second kappa shape index (κ2) is 7.52. The average molecular weight is 393 g/mol. The summed E-state index contributed by atoms with van der Waals surface area (Å²) in [5.41, 5.74) is 4.95. The van der Waals surface area contributed by atoms with E-state index in [0.29, 0.717) is 13.1 Å². The van der Waals surface area contributed by atoms with Crippen LogP contribution >= 0.6 is 11.3 Å². The average Bonchev–Trinajstić information content (AvgIpc) is 3.37. The molecule has 4 rings (SSSR count). The first-order valence-electron chi connectivity index (χ1n) is 9.12. The summed E-state index contributed by atoms with van der Waals surface area (Å²) in [6, 6.07) is 11.9. The molecule has 0 aromatic carbocycles. The highest BCUT2D eigenvalue weighted by Gasteiger charge is 2.15. The number of carbonyl (C=O) groups excluding carboxylic acids is 1. The zero-order chi connectivity index (χ0) is 19.7. The minimum Gasteiger partial charge on any atom is -0.286 e. The van der Waals surface area contributed by atoms with E-state index < -0.39 is 0 Å². The molecule has 0 aliphatic heterocycles. The predicted molar refractivity (Wildman–Crippen MR) is 108 cm³/mol. The molecule has 142 valence electrons. The van der Waals surface area contributed by atoms with Crippen LogP contribution in [0.3, 0.4) is 0 Å². The van der Waals surface area contributed by atoms with E-state index in [2.05, 4.69) is 21.4 Å². The molecule has 6 nitrogen and oxygen atoms in total. The number of aromatic amines is 1. The lowest BCUT2D eigenvalue weighted by atomic mass is 10.2. The molecule has 0 amide bonds. The molecule has 4 aromatic heterocycles. The summed E-state index contributed by atoms with van der Waals surface area (Å²) in [5, 5.41) is 12.0. The number of carbonyl (C=O) groups is 1. The Balaban J connectivity index is 1.51. The van der Waals surface area contributed by atoms with Crippen molar-refractivity contribution in [2.75, 3.05) is 0 Å². The fraction of sp³-hybridized carbons (Fsp3) is 0.238. The molecule has 0 spiro atoms. The summed E-state index contributed by atoms with van der Waals surface area (Å²) < 4.78 is 3.86. The SMILES string of the molecule is Cc1cc(C)n(Cc2cc(-c3ccc[n+](CC(=O)c4ccc(C)s4)c3)[nH]n2)n1. The number of H-pyrrole nitrogens is 1. The molecule has 28 heavy (non-hydrogen) atoms. The third-order valence-electron chi connectivity index (χ3n) is 4.56. The van der Waals surface area contributed by atoms with Gasteiger partial charge in [-0.05, 0) is 51.1 Å². The summed E-state index contributed by atoms with van der Waals surface area (Å²) in [6.07, 6.45) is 3.88. The van der Waals surface area contributed by atoms with Crippen LogP contribution in [0.15, 0.2) is 48.8 Å². The van der Waals surface area contributed by atoms with Crippen LogP contribution in [0.4, 0.5) is 0 Å². The molecule has 0 aliphatic rings. The second-order valence-electron chi connectivity index (χ2n) is 6.96. The van der Waals surface area contributed by atoms with Crippen LogP contribution in [-0.4, -0.2) is 25.8 Å². The quantitative estimate of drug-likeness (QED) is 0.403. The van der Waals surface area contributed by atoms with Gasteiger partial charge in [0, 0.05) is 16.6 Å². The molecule has 0 fully saturated rings. The molecule has 0 saturated heterocycles. The molecule has 0 unspecified atom stereocenters. The van der Waals surface area contributed by atoms with Crippen molar-refractivity contribution in [3.63, 3.8) is 0 Å². The summed E-state index contributed by atoms with van der Waals surface area (Å²) in [6.45, 7) is 6.98. The molecule has 4 aromatic rings.